The summed E-state index contributed by atoms with van der Waals surface area (Å²) in [4.78, 5) is 12.1. The summed E-state index contributed by atoms with van der Waals surface area (Å²) in [5, 5.41) is 6.19. The lowest BCUT2D eigenvalue weighted by Gasteiger charge is -2.31. The third-order valence-corrected chi connectivity index (χ3v) is 3.93. The van der Waals surface area contributed by atoms with Gasteiger partial charge in [-0.05, 0) is 43.6 Å². The smallest absolute Gasteiger partial charge is 0.223 e. The molecule has 0 aliphatic carbocycles. The number of carbonyl (C=O) groups excluding carboxylic acids is 1. The summed E-state index contributed by atoms with van der Waals surface area (Å²) in [6.45, 7) is 6.88. The molecule has 5 heteroatoms. The maximum atomic E-state index is 12.1. The second-order valence-corrected chi connectivity index (χ2v) is 5.34. The van der Waals surface area contributed by atoms with E-state index in [9.17, 15) is 4.79 Å². The maximum absolute atomic E-state index is 12.1. The van der Waals surface area contributed by atoms with Crippen molar-refractivity contribution >= 4 is 5.91 Å². The topological polar surface area (TPSA) is 59.6 Å². The fraction of sp³-hybridized carbons (Fsp3) is 0.562. The Morgan fingerprint density at radius 1 is 1.43 bits per heavy atom. The standard InChI is InChI=1S/C16H24N2O3/c1-4-21-15-7-12(5-6-14(15)20-3)8-18-16(19)11(2)13-9-17-10-13/h5-7,11,13,17H,4,8-10H2,1-3H3,(H,18,19). The molecule has 5 nitrogen and oxygen atoms in total. The van der Waals surface area contributed by atoms with Crippen LogP contribution in [0.25, 0.3) is 0 Å². The van der Waals surface area contributed by atoms with Gasteiger partial charge in [0.05, 0.1) is 13.7 Å². The Morgan fingerprint density at radius 2 is 2.19 bits per heavy atom. The van der Waals surface area contributed by atoms with Crippen molar-refractivity contribution in [2.45, 2.75) is 20.4 Å². The first-order chi connectivity index (χ1) is 10.2. The zero-order chi connectivity index (χ0) is 15.2. The number of benzene rings is 1. The SMILES string of the molecule is CCOc1cc(CNC(=O)C(C)C2CNC2)ccc1OC. The van der Waals surface area contributed by atoms with Crippen molar-refractivity contribution in [3.8, 4) is 11.5 Å². The summed E-state index contributed by atoms with van der Waals surface area (Å²) >= 11 is 0. The van der Waals surface area contributed by atoms with Crippen molar-refractivity contribution in [1.29, 1.82) is 0 Å². The molecule has 1 aliphatic heterocycles. The number of ether oxygens (including phenoxy) is 2. The van der Waals surface area contributed by atoms with Crippen LogP contribution in [0.15, 0.2) is 18.2 Å². The minimum Gasteiger partial charge on any atom is -0.493 e. The van der Waals surface area contributed by atoms with Gasteiger partial charge < -0.3 is 20.1 Å². The number of nitrogens with one attached hydrogen (secondary N) is 2. The van der Waals surface area contributed by atoms with Crippen molar-refractivity contribution in [3.05, 3.63) is 23.8 Å². The van der Waals surface area contributed by atoms with Crippen molar-refractivity contribution in [1.82, 2.24) is 10.6 Å². The Hall–Kier alpha value is -1.75. The molecule has 0 aromatic heterocycles. The van der Waals surface area contributed by atoms with E-state index < -0.39 is 0 Å². The Morgan fingerprint density at radius 3 is 2.76 bits per heavy atom. The highest BCUT2D eigenvalue weighted by Crippen LogP contribution is 2.28. The quantitative estimate of drug-likeness (QED) is 0.801. The number of hydrogen-bond donors (Lipinski definition) is 2. The summed E-state index contributed by atoms with van der Waals surface area (Å²) < 4.78 is 10.8. The fourth-order valence-corrected chi connectivity index (χ4v) is 2.33. The minimum absolute atomic E-state index is 0.0517. The van der Waals surface area contributed by atoms with Crippen LogP contribution in [0.3, 0.4) is 0 Å². The van der Waals surface area contributed by atoms with Gasteiger partial charge in [0.15, 0.2) is 11.5 Å². The van der Waals surface area contributed by atoms with Gasteiger partial charge in [-0.2, -0.15) is 0 Å². The molecule has 0 saturated carbocycles. The molecule has 1 fully saturated rings. The lowest BCUT2D eigenvalue weighted by Crippen LogP contribution is -2.49. The van der Waals surface area contributed by atoms with E-state index in [4.69, 9.17) is 9.47 Å². The molecule has 1 atom stereocenters. The fourth-order valence-electron chi connectivity index (χ4n) is 2.33. The third-order valence-electron chi connectivity index (χ3n) is 3.93. The number of amides is 1. The van der Waals surface area contributed by atoms with Gasteiger partial charge in [-0.15, -0.1) is 0 Å². The monoisotopic (exact) mass is 292 g/mol. The number of carbonyl (C=O) groups is 1. The highest BCUT2D eigenvalue weighted by Gasteiger charge is 2.28. The van der Waals surface area contributed by atoms with Crippen molar-refractivity contribution in [2.24, 2.45) is 11.8 Å². The van der Waals surface area contributed by atoms with Gasteiger partial charge in [0, 0.05) is 12.5 Å². The Labute approximate surface area is 126 Å². The molecular weight excluding hydrogens is 268 g/mol. The van der Waals surface area contributed by atoms with Crippen LogP contribution in [-0.2, 0) is 11.3 Å². The molecule has 1 unspecified atom stereocenters. The molecule has 0 radical (unpaired) electrons. The van der Waals surface area contributed by atoms with Crippen LogP contribution in [0.2, 0.25) is 0 Å². The van der Waals surface area contributed by atoms with E-state index in [1.165, 1.54) is 0 Å². The van der Waals surface area contributed by atoms with Gasteiger partial charge in [0.25, 0.3) is 0 Å². The summed E-state index contributed by atoms with van der Waals surface area (Å²) in [5.74, 6) is 2.04. The van der Waals surface area contributed by atoms with E-state index in [0.717, 1.165) is 18.7 Å². The van der Waals surface area contributed by atoms with Gasteiger partial charge in [-0.25, -0.2) is 0 Å². The first-order valence-electron chi connectivity index (χ1n) is 7.43. The van der Waals surface area contributed by atoms with E-state index >= 15 is 0 Å². The molecule has 116 valence electrons. The van der Waals surface area contributed by atoms with Crippen LogP contribution in [-0.4, -0.2) is 32.7 Å². The van der Waals surface area contributed by atoms with Gasteiger partial charge >= 0.3 is 0 Å². The largest absolute Gasteiger partial charge is 0.493 e. The molecule has 1 saturated heterocycles. The number of methoxy groups -OCH3 is 1. The van der Waals surface area contributed by atoms with E-state index in [1.807, 2.05) is 32.0 Å². The van der Waals surface area contributed by atoms with Crippen LogP contribution < -0.4 is 20.1 Å². The molecule has 0 bridgehead atoms. The Balaban J connectivity index is 1.92. The van der Waals surface area contributed by atoms with E-state index in [0.29, 0.717) is 30.6 Å². The molecule has 1 amide bonds. The normalized spacial score (nSPS) is 16.0. The summed E-state index contributed by atoms with van der Waals surface area (Å²) in [5.41, 5.74) is 1.01. The molecule has 21 heavy (non-hydrogen) atoms. The van der Waals surface area contributed by atoms with Crippen LogP contribution in [0.1, 0.15) is 19.4 Å². The Kier molecular flexibility index (Phi) is 5.44. The molecule has 0 spiro atoms. The maximum Gasteiger partial charge on any atom is 0.223 e. The molecule has 1 heterocycles. The highest BCUT2D eigenvalue weighted by atomic mass is 16.5. The van der Waals surface area contributed by atoms with Crippen LogP contribution >= 0.6 is 0 Å². The molecule has 2 rings (SSSR count). The summed E-state index contributed by atoms with van der Waals surface area (Å²) in [6.07, 6.45) is 0. The summed E-state index contributed by atoms with van der Waals surface area (Å²) in [6, 6.07) is 5.72. The van der Waals surface area contributed by atoms with E-state index in [-0.39, 0.29) is 11.8 Å². The van der Waals surface area contributed by atoms with Crippen LogP contribution in [0.4, 0.5) is 0 Å². The minimum atomic E-state index is 0.0517. The lowest BCUT2D eigenvalue weighted by atomic mass is 9.88. The van der Waals surface area contributed by atoms with Crippen molar-refractivity contribution < 1.29 is 14.3 Å². The lowest BCUT2D eigenvalue weighted by molar-refractivity contribution is -0.126. The van der Waals surface area contributed by atoms with Crippen LogP contribution in [0, 0.1) is 11.8 Å². The highest BCUT2D eigenvalue weighted by molar-refractivity contribution is 5.78. The van der Waals surface area contributed by atoms with Crippen LogP contribution in [0.5, 0.6) is 11.5 Å². The Bertz CT molecular complexity index is 486. The van der Waals surface area contributed by atoms with Crippen molar-refractivity contribution in [3.63, 3.8) is 0 Å². The molecule has 1 aromatic carbocycles. The average Bonchev–Trinajstić information content (AvgIpc) is 2.43. The van der Waals surface area contributed by atoms with Gasteiger partial charge in [-0.1, -0.05) is 13.0 Å². The zero-order valence-electron chi connectivity index (χ0n) is 12.9. The van der Waals surface area contributed by atoms with Gasteiger partial charge in [0.2, 0.25) is 5.91 Å². The second-order valence-electron chi connectivity index (χ2n) is 5.34. The zero-order valence-corrected chi connectivity index (χ0v) is 12.9. The van der Waals surface area contributed by atoms with E-state index in [2.05, 4.69) is 10.6 Å². The van der Waals surface area contributed by atoms with Gasteiger partial charge in [-0.3, -0.25) is 4.79 Å². The number of rotatable bonds is 7. The summed E-state index contributed by atoms with van der Waals surface area (Å²) in [7, 11) is 1.62. The molecule has 2 N–H and O–H groups in total. The second kappa shape index (κ2) is 7.31. The predicted molar refractivity (Wildman–Crippen MR) is 81.5 cm³/mol. The first kappa shape index (κ1) is 15.6. The number of hydrogen-bond acceptors (Lipinski definition) is 4. The van der Waals surface area contributed by atoms with Crippen molar-refractivity contribution in [2.75, 3.05) is 26.8 Å². The predicted octanol–water partition coefficient (Wildman–Crippen LogP) is 1.57. The molecule has 1 aliphatic rings. The molecule has 1 aromatic rings. The average molecular weight is 292 g/mol. The third kappa shape index (κ3) is 3.88. The first-order valence-corrected chi connectivity index (χ1v) is 7.43. The van der Waals surface area contributed by atoms with Gasteiger partial charge in [0.1, 0.15) is 0 Å². The molecular formula is C16H24N2O3. The van der Waals surface area contributed by atoms with E-state index in [1.54, 1.807) is 7.11 Å².